The Morgan fingerprint density at radius 3 is 2.36 bits per heavy atom. The van der Waals surface area contributed by atoms with Gasteiger partial charge in [0.1, 0.15) is 12.4 Å². The summed E-state index contributed by atoms with van der Waals surface area (Å²) in [5.74, 6) is 0.359. The molecule has 1 aliphatic rings. The number of carboxylic acids is 1. The fourth-order valence-corrected chi connectivity index (χ4v) is 4.32. The highest BCUT2D eigenvalue weighted by Crippen LogP contribution is 2.28. The molecule has 1 saturated carbocycles. The fourth-order valence-electron chi connectivity index (χ4n) is 4.32. The van der Waals surface area contributed by atoms with Crippen LogP contribution in [0, 0.1) is 5.92 Å². The molecule has 1 fully saturated rings. The van der Waals surface area contributed by atoms with Crippen LogP contribution in [-0.4, -0.2) is 54.5 Å². The summed E-state index contributed by atoms with van der Waals surface area (Å²) in [5.41, 5.74) is -0.850. The number of carboxylic acid groups (broad SMARTS) is 1. The maximum absolute atomic E-state index is 12.5. The van der Waals surface area contributed by atoms with Crippen molar-refractivity contribution >= 4 is 12.1 Å². The zero-order valence-electron chi connectivity index (χ0n) is 20.7. The molecule has 0 aliphatic heterocycles. The van der Waals surface area contributed by atoms with Crippen molar-refractivity contribution in [2.24, 2.45) is 5.92 Å². The monoisotopic (exact) mass is 463 g/mol. The normalized spacial score (nSPS) is 16.3. The molecule has 1 aromatic rings. The Morgan fingerprint density at radius 2 is 1.79 bits per heavy atom. The molecule has 1 atom stereocenters. The highest BCUT2D eigenvalue weighted by Gasteiger charge is 2.35. The van der Waals surface area contributed by atoms with Crippen LogP contribution >= 0.6 is 0 Å². The summed E-state index contributed by atoms with van der Waals surface area (Å²) in [4.78, 5) is 25.9. The van der Waals surface area contributed by atoms with Crippen molar-refractivity contribution in [1.82, 2.24) is 4.90 Å². The van der Waals surface area contributed by atoms with E-state index in [0.717, 1.165) is 18.8 Å². The van der Waals surface area contributed by atoms with Gasteiger partial charge in [-0.25, -0.2) is 9.59 Å². The lowest BCUT2D eigenvalue weighted by Crippen LogP contribution is -2.37. The quantitative estimate of drug-likeness (QED) is 0.409. The molecule has 1 aliphatic carbocycles. The lowest BCUT2D eigenvalue weighted by molar-refractivity contribution is -0.164. The van der Waals surface area contributed by atoms with Crippen LogP contribution in [0.3, 0.4) is 0 Å². The van der Waals surface area contributed by atoms with E-state index in [1.165, 1.54) is 32.1 Å². The third-order valence-corrected chi connectivity index (χ3v) is 6.24. The minimum Gasteiger partial charge on any atom is -0.492 e. The van der Waals surface area contributed by atoms with E-state index in [1.807, 2.05) is 13.8 Å². The first kappa shape index (κ1) is 27.0. The molecule has 2 rings (SSSR count). The molecule has 0 saturated heterocycles. The number of carbonyl (C=O) groups excluding carboxylic acids is 1. The summed E-state index contributed by atoms with van der Waals surface area (Å²) in [6.45, 7) is 8.73. The summed E-state index contributed by atoms with van der Waals surface area (Å²) in [6.07, 6.45) is 8.26. The molecular weight excluding hydrogens is 422 g/mol. The predicted molar refractivity (Wildman–Crippen MR) is 128 cm³/mol. The maximum Gasteiger partial charge on any atom is 0.410 e. The van der Waals surface area contributed by atoms with Gasteiger partial charge in [-0.3, -0.25) is 0 Å². The number of carbonyl (C=O) groups is 2. The molecule has 186 valence electrons. The summed E-state index contributed by atoms with van der Waals surface area (Å²) in [5, 5.41) is 9.55. The van der Waals surface area contributed by atoms with E-state index in [-0.39, 0.29) is 12.2 Å². The first-order chi connectivity index (χ1) is 15.8. The van der Waals surface area contributed by atoms with Crippen LogP contribution in [-0.2, 0) is 19.9 Å². The van der Waals surface area contributed by atoms with E-state index in [4.69, 9.17) is 14.2 Å². The van der Waals surface area contributed by atoms with Crippen LogP contribution in [0.15, 0.2) is 24.3 Å². The zero-order chi connectivity index (χ0) is 24.3. The maximum atomic E-state index is 12.5. The number of hydrogen-bond donors (Lipinski definition) is 1. The largest absolute Gasteiger partial charge is 0.492 e. The molecule has 7 nitrogen and oxygen atoms in total. The SMILES string of the molecule is CCOC(C)(C(=O)O)c1ccc(OCCN(CCCC2CCCCC2)C(=O)OC(C)C)cc1. The van der Waals surface area contributed by atoms with Gasteiger partial charge >= 0.3 is 12.1 Å². The van der Waals surface area contributed by atoms with Gasteiger partial charge in [0.25, 0.3) is 0 Å². The van der Waals surface area contributed by atoms with E-state index in [1.54, 1.807) is 43.0 Å². The van der Waals surface area contributed by atoms with Crippen LogP contribution in [0.1, 0.15) is 78.2 Å². The van der Waals surface area contributed by atoms with Crippen molar-refractivity contribution in [1.29, 1.82) is 0 Å². The van der Waals surface area contributed by atoms with Crippen molar-refractivity contribution in [3.8, 4) is 5.75 Å². The van der Waals surface area contributed by atoms with Gasteiger partial charge in [0, 0.05) is 13.2 Å². The highest BCUT2D eigenvalue weighted by molar-refractivity contribution is 5.79. The third kappa shape index (κ3) is 8.54. The van der Waals surface area contributed by atoms with Gasteiger partial charge in [-0.1, -0.05) is 44.2 Å². The average Bonchev–Trinajstić information content (AvgIpc) is 2.78. The summed E-state index contributed by atoms with van der Waals surface area (Å²) < 4.78 is 16.7. The number of benzene rings is 1. The molecule has 0 spiro atoms. The molecule has 1 amide bonds. The third-order valence-electron chi connectivity index (χ3n) is 6.24. The standard InChI is InChI=1S/C26H41NO6/c1-5-32-26(4,24(28)29)22-13-15-23(16-14-22)31-19-18-27(25(30)33-20(2)3)17-9-12-21-10-7-6-8-11-21/h13-16,20-21H,5-12,17-19H2,1-4H3,(H,28,29). The van der Waals surface area contributed by atoms with E-state index < -0.39 is 11.6 Å². The summed E-state index contributed by atoms with van der Waals surface area (Å²) in [7, 11) is 0. The second-order valence-corrected chi connectivity index (χ2v) is 9.21. The number of ether oxygens (including phenoxy) is 3. The van der Waals surface area contributed by atoms with Gasteiger partial charge < -0.3 is 24.2 Å². The minimum absolute atomic E-state index is 0.166. The van der Waals surface area contributed by atoms with Crippen LogP contribution < -0.4 is 4.74 Å². The van der Waals surface area contributed by atoms with E-state index in [9.17, 15) is 14.7 Å². The summed E-state index contributed by atoms with van der Waals surface area (Å²) in [6, 6.07) is 6.87. The van der Waals surface area contributed by atoms with Crippen LogP contribution in [0.2, 0.25) is 0 Å². The smallest absolute Gasteiger partial charge is 0.410 e. The van der Waals surface area contributed by atoms with E-state index >= 15 is 0 Å². The van der Waals surface area contributed by atoms with Gasteiger partial charge in [-0.05, 0) is 64.2 Å². The van der Waals surface area contributed by atoms with Crippen molar-refractivity contribution < 1.29 is 28.9 Å². The van der Waals surface area contributed by atoms with Gasteiger partial charge in [-0.15, -0.1) is 0 Å². The predicted octanol–water partition coefficient (Wildman–Crippen LogP) is 5.61. The molecule has 0 heterocycles. The van der Waals surface area contributed by atoms with Crippen molar-refractivity contribution in [2.75, 3.05) is 26.3 Å². The van der Waals surface area contributed by atoms with E-state index in [2.05, 4.69) is 0 Å². The molecule has 1 aromatic carbocycles. The Hall–Kier alpha value is -2.28. The molecular formula is C26H41NO6. The highest BCUT2D eigenvalue weighted by atomic mass is 16.6. The Balaban J connectivity index is 1.89. The van der Waals surface area contributed by atoms with Crippen molar-refractivity contribution in [2.45, 2.75) is 84.3 Å². The molecule has 0 bridgehead atoms. The zero-order valence-corrected chi connectivity index (χ0v) is 20.7. The Morgan fingerprint density at radius 1 is 1.12 bits per heavy atom. The van der Waals surface area contributed by atoms with E-state index in [0.29, 0.717) is 37.6 Å². The lowest BCUT2D eigenvalue weighted by Gasteiger charge is -2.26. The second-order valence-electron chi connectivity index (χ2n) is 9.21. The van der Waals surface area contributed by atoms with Gasteiger partial charge in [-0.2, -0.15) is 0 Å². The van der Waals surface area contributed by atoms with Crippen molar-refractivity contribution in [3.05, 3.63) is 29.8 Å². The number of rotatable bonds is 13. The van der Waals surface area contributed by atoms with Gasteiger partial charge in [0.15, 0.2) is 5.60 Å². The number of nitrogens with zero attached hydrogens (tertiary/aromatic N) is 1. The molecule has 33 heavy (non-hydrogen) atoms. The molecule has 0 aromatic heterocycles. The molecule has 0 radical (unpaired) electrons. The van der Waals surface area contributed by atoms with Gasteiger partial charge in [0.2, 0.25) is 0 Å². The average molecular weight is 464 g/mol. The Bertz CT molecular complexity index is 729. The molecule has 1 unspecified atom stereocenters. The first-order valence-corrected chi connectivity index (χ1v) is 12.3. The number of aliphatic carboxylic acids is 1. The molecule has 1 N–H and O–H groups in total. The number of amides is 1. The summed E-state index contributed by atoms with van der Waals surface area (Å²) >= 11 is 0. The van der Waals surface area contributed by atoms with Crippen LogP contribution in [0.4, 0.5) is 4.79 Å². The lowest BCUT2D eigenvalue weighted by atomic mass is 9.86. The second kappa shape index (κ2) is 13.4. The number of hydrogen-bond acceptors (Lipinski definition) is 5. The Labute approximate surface area is 198 Å². The molecule has 7 heteroatoms. The van der Waals surface area contributed by atoms with Gasteiger partial charge in [0.05, 0.1) is 12.6 Å². The Kier molecular flexibility index (Phi) is 11.0. The van der Waals surface area contributed by atoms with Crippen LogP contribution in [0.25, 0.3) is 0 Å². The fraction of sp³-hybridized carbons (Fsp3) is 0.692. The minimum atomic E-state index is -1.40. The topological polar surface area (TPSA) is 85.3 Å². The van der Waals surface area contributed by atoms with Crippen molar-refractivity contribution in [3.63, 3.8) is 0 Å². The first-order valence-electron chi connectivity index (χ1n) is 12.3. The van der Waals surface area contributed by atoms with Crippen LogP contribution in [0.5, 0.6) is 5.75 Å².